The molecule has 0 saturated carbocycles. The average Bonchev–Trinajstić information content (AvgIpc) is 2.01. The number of benzene rings is 1. The van der Waals surface area contributed by atoms with Crippen LogP contribution in [-0.2, 0) is 0 Å². The molecule has 1 nitrogen and oxygen atoms in total. The van der Waals surface area contributed by atoms with Crippen molar-refractivity contribution < 1.29 is 0 Å². The lowest BCUT2D eigenvalue weighted by atomic mass is 10.0. The first-order valence-electron chi connectivity index (χ1n) is 4.19. The van der Waals surface area contributed by atoms with Gasteiger partial charge in [-0.25, -0.2) is 0 Å². The molecule has 13 heavy (non-hydrogen) atoms. The second-order valence-corrected chi connectivity index (χ2v) is 3.82. The Balaban J connectivity index is 3.07. The zero-order valence-electron chi connectivity index (χ0n) is 7.97. The Labute approximate surface area is 84.2 Å². The zero-order chi connectivity index (χ0) is 10.0. The molecule has 0 spiro atoms. The molecule has 70 valence electrons. The second-order valence-electron chi connectivity index (χ2n) is 3.39. The summed E-state index contributed by atoms with van der Waals surface area (Å²) in [5.41, 5.74) is 9.01. The molecular weight excluding hydrogens is 182 g/mol. The van der Waals surface area contributed by atoms with Gasteiger partial charge in [0.1, 0.15) is 0 Å². The molecule has 0 fully saturated rings. The standard InChI is InChI=1S/C11H14ClN/c1-7(2)11(13)9-4-8(3)5-10(12)6-9/h4-6,11H,1,13H2,2-3H3. The van der Waals surface area contributed by atoms with Crippen molar-refractivity contribution in [1.82, 2.24) is 0 Å². The average molecular weight is 196 g/mol. The summed E-state index contributed by atoms with van der Waals surface area (Å²) in [6, 6.07) is 5.72. The summed E-state index contributed by atoms with van der Waals surface area (Å²) < 4.78 is 0. The van der Waals surface area contributed by atoms with E-state index in [4.69, 9.17) is 17.3 Å². The van der Waals surface area contributed by atoms with Gasteiger partial charge in [-0.05, 0) is 37.1 Å². The third-order valence-electron chi connectivity index (χ3n) is 1.95. The third-order valence-corrected chi connectivity index (χ3v) is 2.17. The summed E-state index contributed by atoms with van der Waals surface area (Å²) in [7, 11) is 0. The fourth-order valence-corrected chi connectivity index (χ4v) is 1.53. The molecule has 0 aromatic heterocycles. The lowest BCUT2D eigenvalue weighted by Gasteiger charge is -2.12. The minimum absolute atomic E-state index is 0.114. The van der Waals surface area contributed by atoms with Crippen LogP contribution in [0.3, 0.4) is 0 Å². The van der Waals surface area contributed by atoms with Crippen molar-refractivity contribution in [2.24, 2.45) is 5.73 Å². The van der Waals surface area contributed by atoms with Gasteiger partial charge >= 0.3 is 0 Å². The molecule has 1 unspecified atom stereocenters. The molecule has 0 amide bonds. The molecule has 0 aliphatic carbocycles. The Morgan fingerprint density at radius 3 is 2.54 bits per heavy atom. The summed E-state index contributed by atoms with van der Waals surface area (Å²) >= 11 is 5.91. The van der Waals surface area contributed by atoms with Gasteiger partial charge in [0, 0.05) is 5.02 Å². The number of rotatable bonds is 2. The maximum Gasteiger partial charge on any atom is 0.0506 e. The minimum atomic E-state index is -0.114. The summed E-state index contributed by atoms with van der Waals surface area (Å²) in [5.74, 6) is 0. The van der Waals surface area contributed by atoms with Crippen LogP contribution >= 0.6 is 11.6 Å². The number of nitrogens with two attached hydrogens (primary N) is 1. The lowest BCUT2D eigenvalue weighted by Crippen LogP contribution is -2.10. The molecule has 1 rings (SSSR count). The fourth-order valence-electron chi connectivity index (χ4n) is 1.23. The number of hydrogen-bond acceptors (Lipinski definition) is 1. The summed E-state index contributed by atoms with van der Waals surface area (Å²) in [6.45, 7) is 7.74. The monoisotopic (exact) mass is 195 g/mol. The van der Waals surface area contributed by atoms with Gasteiger partial charge in [0.15, 0.2) is 0 Å². The van der Waals surface area contributed by atoms with Gasteiger partial charge in [0.05, 0.1) is 6.04 Å². The highest BCUT2D eigenvalue weighted by atomic mass is 35.5. The van der Waals surface area contributed by atoms with E-state index in [1.54, 1.807) is 0 Å². The molecule has 2 N–H and O–H groups in total. The molecule has 0 aliphatic heterocycles. The van der Waals surface area contributed by atoms with Gasteiger partial charge in [0.25, 0.3) is 0 Å². The van der Waals surface area contributed by atoms with Crippen molar-refractivity contribution in [2.45, 2.75) is 19.9 Å². The molecule has 1 aromatic rings. The largest absolute Gasteiger partial charge is 0.321 e. The molecule has 0 radical (unpaired) electrons. The molecular formula is C11H14ClN. The van der Waals surface area contributed by atoms with E-state index in [-0.39, 0.29) is 6.04 Å². The number of hydrogen-bond donors (Lipinski definition) is 1. The van der Waals surface area contributed by atoms with Gasteiger partial charge in [-0.15, -0.1) is 0 Å². The quantitative estimate of drug-likeness (QED) is 0.721. The van der Waals surface area contributed by atoms with E-state index in [2.05, 4.69) is 6.58 Å². The van der Waals surface area contributed by atoms with E-state index in [0.717, 1.165) is 21.7 Å². The van der Waals surface area contributed by atoms with E-state index < -0.39 is 0 Å². The first-order chi connectivity index (χ1) is 6.00. The topological polar surface area (TPSA) is 26.0 Å². The number of halogens is 1. The van der Waals surface area contributed by atoms with E-state index in [1.165, 1.54) is 0 Å². The van der Waals surface area contributed by atoms with E-state index in [9.17, 15) is 0 Å². The van der Waals surface area contributed by atoms with Crippen molar-refractivity contribution in [2.75, 3.05) is 0 Å². The Morgan fingerprint density at radius 1 is 1.46 bits per heavy atom. The lowest BCUT2D eigenvalue weighted by molar-refractivity contribution is 0.849. The first-order valence-corrected chi connectivity index (χ1v) is 4.56. The molecule has 0 bridgehead atoms. The van der Waals surface area contributed by atoms with E-state index >= 15 is 0 Å². The molecule has 0 aliphatic rings. The van der Waals surface area contributed by atoms with Crippen molar-refractivity contribution in [3.05, 3.63) is 46.5 Å². The molecule has 0 saturated heterocycles. The number of aryl methyl sites for hydroxylation is 1. The Bertz CT molecular complexity index is 311. The predicted octanol–water partition coefficient (Wildman–Crippen LogP) is 3.22. The van der Waals surface area contributed by atoms with Crippen LogP contribution in [0.1, 0.15) is 24.1 Å². The maximum absolute atomic E-state index is 5.92. The van der Waals surface area contributed by atoms with Gasteiger partial charge < -0.3 is 5.73 Å². The first kappa shape index (κ1) is 10.3. The maximum atomic E-state index is 5.92. The minimum Gasteiger partial charge on any atom is -0.321 e. The molecule has 1 atom stereocenters. The predicted molar refractivity (Wildman–Crippen MR) is 57.9 cm³/mol. The van der Waals surface area contributed by atoms with Gasteiger partial charge in [-0.1, -0.05) is 29.8 Å². The summed E-state index contributed by atoms with van der Waals surface area (Å²) in [4.78, 5) is 0. The van der Waals surface area contributed by atoms with Crippen LogP contribution in [0.2, 0.25) is 5.02 Å². The van der Waals surface area contributed by atoms with Crippen molar-refractivity contribution in [3.63, 3.8) is 0 Å². The van der Waals surface area contributed by atoms with Crippen LogP contribution < -0.4 is 5.73 Å². The van der Waals surface area contributed by atoms with Gasteiger partial charge in [0.2, 0.25) is 0 Å². The normalized spacial score (nSPS) is 12.6. The van der Waals surface area contributed by atoms with Crippen LogP contribution in [0.15, 0.2) is 30.4 Å². The van der Waals surface area contributed by atoms with E-state index in [0.29, 0.717) is 0 Å². The van der Waals surface area contributed by atoms with Crippen molar-refractivity contribution >= 4 is 11.6 Å². The van der Waals surface area contributed by atoms with Crippen LogP contribution in [0.4, 0.5) is 0 Å². The van der Waals surface area contributed by atoms with Crippen LogP contribution in [0, 0.1) is 6.92 Å². The summed E-state index contributed by atoms with van der Waals surface area (Å²) in [6.07, 6.45) is 0. The zero-order valence-corrected chi connectivity index (χ0v) is 8.73. The Kier molecular flexibility index (Phi) is 3.12. The second kappa shape index (κ2) is 3.95. The van der Waals surface area contributed by atoms with Crippen molar-refractivity contribution in [3.8, 4) is 0 Å². The third kappa shape index (κ3) is 2.58. The molecule has 2 heteroatoms. The SMILES string of the molecule is C=C(C)C(N)c1cc(C)cc(Cl)c1. The smallest absolute Gasteiger partial charge is 0.0506 e. The van der Waals surface area contributed by atoms with E-state index in [1.807, 2.05) is 32.0 Å². The van der Waals surface area contributed by atoms with Gasteiger partial charge in [-0.2, -0.15) is 0 Å². The highest BCUT2D eigenvalue weighted by Gasteiger charge is 2.07. The van der Waals surface area contributed by atoms with Gasteiger partial charge in [-0.3, -0.25) is 0 Å². The fraction of sp³-hybridized carbons (Fsp3) is 0.273. The van der Waals surface area contributed by atoms with Crippen LogP contribution in [-0.4, -0.2) is 0 Å². The molecule has 0 heterocycles. The highest BCUT2D eigenvalue weighted by molar-refractivity contribution is 6.30. The van der Waals surface area contributed by atoms with Crippen LogP contribution in [0.5, 0.6) is 0 Å². The van der Waals surface area contributed by atoms with Crippen molar-refractivity contribution in [1.29, 1.82) is 0 Å². The highest BCUT2D eigenvalue weighted by Crippen LogP contribution is 2.22. The summed E-state index contributed by atoms with van der Waals surface area (Å²) in [5, 5.41) is 0.728. The Morgan fingerprint density at radius 2 is 2.08 bits per heavy atom. The Hall–Kier alpha value is -0.790. The van der Waals surface area contributed by atoms with Crippen LogP contribution in [0.25, 0.3) is 0 Å². The molecule has 1 aromatic carbocycles.